The Morgan fingerprint density at radius 3 is 3.14 bits per heavy atom. The molecule has 1 aliphatic carbocycles. The Labute approximate surface area is 84.5 Å². The Bertz CT molecular complexity index is 297. The zero-order valence-corrected chi connectivity index (χ0v) is 8.49. The third kappa shape index (κ3) is 2.70. The maximum Gasteiger partial charge on any atom is 0.213 e. The molecule has 0 aromatic carbocycles. The van der Waals surface area contributed by atoms with Crippen LogP contribution in [0.25, 0.3) is 0 Å². The van der Waals surface area contributed by atoms with Crippen LogP contribution in [0.4, 0.5) is 0 Å². The Morgan fingerprint density at radius 2 is 2.43 bits per heavy atom. The average molecular weight is 192 g/mol. The van der Waals surface area contributed by atoms with Crippen molar-refractivity contribution in [2.75, 3.05) is 13.7 Å². The van der Waals surface area contributed by atoms with Gasteiger partial charge in [-0.3, -0.25) is 0 Å². The molecule has 3 heteroatoms. The largest absolute Gasteiger partial charge is 0.481 e. The molecule has 1 heterocycles. The summed E-state index contributed by atoms with van der Waals surface area (Å²) in [4.78, 5) is 4.06. The molecule has 0 saturated heterocycles. The van der Waals surface area contributed by atoms with Crippen molar-refractivity contribution in [2.45, 2.75) is 19.4 Å². The van der Waals surface area contributed by atoms with E-state index in [1.807, 2.05) is 12.1 Å². The fourth-order valence-electron chi connectivity index (χ4n) is 1.41. The second kappa shape index (κ2) is 4.42. The number of hydrogen-bond acceptors (Lipinski definition) is 3. The van der Waals surface area contributed by atoms with E-state index in [9.17, 15) is 0 Å². The van der Waals surface area contributed by atoms with Crippen LogP contribution in [0.15, 0.2) is 18.3 Å². The first-order chi connectivity index (χ1) is 6.88. The minimum Gasteiger partial charge on any atom is -0.481 e. The highest BCUT2D eigenvalue weighted by molar-refractivity contribution is 5.20. The second-order valence-electron chi connectivity index (χ2n) is 3.78. The summed E-state index contributed by atoms with van der Waals surface area (Å²) in [7, 11) is 1.64. The summed E-state index contributed by atoms with van der Waals surface area (Å²) in [5.74, 6) is 1.62. The number of nitrogens with zero attached hydrogens (tertiary/aromatic N) is 1. The maximum absolute atomic E-state index is 5.06. The zero-order chi connectivity index (χ0) is 9.80. The summed E-state index contributed by atoms with van der Waals surface area (Å²) >= 11 is 0. The van der Waals surface area contributed by atoms with E-state index in [1.54, 1.807) is 13.3 Å². The van der Waals surface area contributed by atoms with Gasteiger partial charge in [0.2, 0.25) is 5.88 Å². The number of pyridine rings is 1. The highest BCUT2D eigenvalue weighted by Gasteiger charge is 2.19. The van der Waals surface area contributed by atoms with Crippen LogP contribution < -0.4 is 10.1 Å². The van der Waals surface area contributed by atoms with Gasteiger partial charge in [0.25, 0.3) is 0 Å². The smallest absolute Gasteiger partial charge is 0.213 e. The van der Waals surface area contributed by atoms with Crippen LogP contribution in [-0.4, -0.2) is 18.6 Å². The van der Waals surface area contributed by atoms with Crippen LogP contribution in [0.2, 0.25) is 0 Å². The molecule has 3 nitrogen and oxygen atoms in total. The average Bonchev–Trinajstić information content (AvgIpc) is 3.02. The molecule has 0 amide bonds. The van der Waals surface area contributed by atoms with Crippen molar-refractivity contribution < 1.29 is 4.74 Å². The van der Waals surface area contributed by atoms with Crippen molar-refractivity contribution in [3.05, 3.63) is 23.9 Å². The van der Waals surface area contributed by atoms with Gasteiger partial charge in [0.05, 0.1) is 7.11 Å². The Balaban J connectivity index is 1.81. The van der Waals surface area contributed by atoms with E-state index in [4.69, 9.17) is 4.74 Å². The summed E-state index contributed by atoms with van der Waals surface area (Å²) in [6, 6.07) is 3.99. The fraction of sp³-hybridized carbons (Fsp3) is 0.545. The molecule has 0 unspecified atom stereocenters. The van der Waals surface area contributed by atoms with Crippen molar-refractivity contribution in [3.8, 4) is 5.88 Å². The van der Waals surface area contributed by atoms with E-state index >= 15 is 0 Å². The van der Waals surface area contributed by atoms with Gasteiger partial charge in [0.1, 0.15) is 0 Å². The lowest BCUT2D eigenvalue weighted by atomic mass is 10.2. The van der Waals surface area contributed by atoms with E-state index in [0.29, 0.717) is 5.88 Å². The van der Waals surface area contributed by atoms with Gasteiger partial charge in [-0.05, 0) is 36.9 Å². The summed E-state index contributed by atoms with van der Waals surface area (Å²) in [6.07, 6.45) is 4.58. The third-order valence-electron chi connectivity index (χ3n) is 2.47. The molecule has 0 atom stereocenters. The molecule has 1 aromatic rings. The number of ether oxygens (including phenoxy) is 1. The number of nitrogens with one attached hydrogen (secondary N) is 1. The number of methoxy groups -OCH3 is 1. The summed E-state index contributed by atoms with van der Waals surface area (Å²) in [6.45, 7) is 2.06. The Morgan fingerprint density at radius 1 is 1.57 bits per heavy atom. The molecule has 0 radical (unpaired) electrons. The van der Waals surface area contributed by atoms with Crippen LogP contribution in [0.3, 0.4) is 0 Å². The van der Waals surface area contributed by atoms with Gasteiger partial charge in [-0.2, -0.15) is 0 Å². The van der Waals surface area contributed by atoms with Crippen molar-refractivity contribution in [3.63, 3.8) is 0 Å². The molecule has 1 aliphatic rings. The first-order valence-corrected chi connectivity index (χ1v) is 5.08. The standard InChI is InChI=1S/C11H16N2O/c1-14-11-6-10(4-5-13-11)8-12-7-9-2-3-9/h4-6,9,12H,2-3,7-8H2,1H3. The monoisotopic (exact) mass is 192 g/mol. The minimum atomic E-state index is 0.690. The molecular formula is C11H16N2O. The first-order valence-electron chi connectivity index (χ1n) is 5.08. The number of hydrogen-bond donors (Lipinski definition) is 1. The van der Waals surface area contributed by atoms with E-state index in [0.717, 1.165) is 19.0 Å². The number of aromatic nitrogens is 1. The van der Waals surface area contributed by atoms with Gasteiger partial charge < -0.3 is 10.1 Å². The first kappa shape index (κ1) is 9.46. The van der Waals surface area contributed by atoms with Crippen LogP contribution in [0.5, 0.6) is 5.88 Å². The van der Waals surface area contributed by atoms with E-state index in [1.165, 1.54) is 18.4 Å². The molecule has 1 saturated carbocycles. The van der Waals surface area contributed by atoms with Crippen molar-refractivity contribution >= 4 is 0 Å². The molecule has 1 fully saturated rings. The van der Waals surface area contributed by atoms with Crippen molar-refractivity contribution in [2.24, 2.45) is 5.92 Å². The predicted octanol–water partition coefficient (Wildman–Crippen LogP) is 1.59. The van der Waals surface area contributed by atoms with Crippen LogP contribution >= 0.6 is 0 Å². The second-order valence-corrected chi connectivity index (χ2v) is 3.78. The molecule has 1 aromatic heterocycles. The molecule has 0 bridgehead atoms. The van der Waals surface area contributed by atoms with Crippen LogP contribution in [0, 0.1) is 5.92 Å². The van der Waals surface area contributed by atoms with Gasteiger partial charge >= 0.3 is 0 Å². The number of rotatable bonds is 5. The molecule has 0 spiro atoms. The van der Waals surface area contributed by atoms with Gasteiger partial charge in [0.15, 0.2) is 0 Å². The minimum absolute atomic E-state index is 0.690. The molecule has 2 rings (SSSR count). The lowest BCUT2D eigenvalue weighted by Gasteiger charge is -2.04. The maximum atomic E-state index is 5.06. The Hall–Kier alpha value is -1.09. The summed E-state index contributed by atoms with van der Waals surface area (Å²) < 4.78 is 5.06. The van der Waals surface area contributed by atoms with Gasteiger partial charge in [0, 0.05) is 18.8 Å². The van der Waals surface area contributed by atoms with Crippen molar-refractivity contribution in [1.82, 2.24) is 10.3 Å². The highest BCUT2D eigenvalue weighted by Crippen LogP contribution is 2.27. The highest BCUT2D eigenvalue weighted by atomic mass is 16.5. The quantitative estimate of drug-likeness (QED) is 0.769. The van der Waals surface area contributed by atoms with Crippen molar-refractivity contribution in [1.29, 1.82) is 0 Å². The summed E-state index contributed by atoms with van der Waals surface area (Å²) in [5, 5.41) is 3.43. The lowest BCUT2D eigenvalue weighted by Crippen LogP contribution is -2.16. The van der Waals surface area contributed by atoms with E-state index in [2.05, 4.69) is 10.3 Å². The van der Waals surface area contributed by atoms with E-state index < -0.39 is 0 Å². The Kier molecular flexibility index (Phi) is 2.99. The molecule has 1 N–H and O–H groups in total. The van der Waals surface area contributed by atoms with Crippen LogP contribution in [-0.2, 0) is 6.54 Å². The van der Waals surface area contributed by atoms with Crippen LogP contribution in [0.1, 0.15) is 18.4 Å². The van der Waals surface area contributed by atoms with E-state index in [-0.39, 0.29) is 0 Å². The molecule has 0 aliphatic heterocycles. The topological polar surface area (TPSA) is 34.1 Å². The fourth-order valence-corrected chi connectivity index (χ4v) is 1.41. The van der Waals surface area contributed by atoms with Gasteiger partial charge in [-0.25, -0.2) is 4.98 Å². The van der Waals surface area contributed by atoms with Gasteiger partial charge in [-0.1, -0.05) is 0 Å². The zero-order valence-electron chi connectivity index (χ0n) is 8.49. The molecule has 14 heavy (non-hydrogen) atoms. The molecule has 76 valence electrons. The molecular weight excluding hydrogens is 176 g/mol. The SMILES string of the molecule is COc1cc(CNCC2CC2)ccn1. The van der Waals surface area contributed by atoms with Gasteiger partial charge in [-0.15, -0.1) is 0 Å². The third-order valence-corrected chi connectivity index (χ3v) is 2.47. The normalized spacial score (nSPS) is 15.5. The predicted molar refractivity (Wildman–Crippen MR) is 55.2 cm³/mol. The summed E-state index contributed by atoms with van der Waals surface area (Å²) in [5.41, 5.74) is 1.23. The lowest BCUT2D eigenvalue weighted by molar-refractivity contribution is 0.397.